The minimum atomic E-state index is 0.0747. The Bertz CT molecular complexity index is 563. The van der Waals surface area contributed by atoms with Crippen molar-refractivity contribution in [3.63, 3.8) is 0 Å². The summed E-state index contributed by atoms with van der Waals surface area (Å²) in [6.45, 7) is 4.50. The van der Waals surface area contributed by atoms with Gasteiger partial charge in [0.25, 0.3) is 0 Å². The monoisotopic (exact) mass is 350 g/mol. The first-order chi connectivity index (χ1) is 10.2. The molecule has 1 unspecified atom stereocenters. The molecule has 4 heteroatoms. The van der Waals surface area contributed by atoms with Crippen molar-refractivity contribution >= 4 is 15.9 Å². The van der Waals surface area contributed by atoms with E-state index in [0.717, 1.165) is 35.0 Å². The maximum absolute atomic E-state index is 9.72. The lowest BCUT2D eigenvalue weighted by atomic mass is 9.95. The van der Waals surface area contributed by atoms with Crippen LogP contribution in [0.5, 0.6) is 0 Å². The molecular formula is C17H23BrN2O. The molecule has 1 N–H and O–H groups in total. The number of aliphatic hydroxyl groups is 1. The zero-order chi connectivity index (χ0) is 15.2. The van der Waals surface area contributed by atoms with E-state index >= 15 is 0 Å². The summed E-state index contributed by atoms with van der Waals surface area (Å²) in [7, 11) is 0. The van der Waals surface area contributed by atoms with Crippen LogP contribution in [-0.4, -0.2) is 21.5 Å². The average molecular weight is 351 g/mol. The highest BCUT2D eigenvalue weighted by molar-refractivity contribution is 9.10. The van der Waals surface area contributed by atoms with Gasteiger partial charge in [0.15, 0.2) is 0 Å². The Hall–Kier alpha value is -1.13. The van der Waals surface area contributed by atoms with Gasteiger partial charge in [0.05, 0.1) is 18.3 Å². The summed E-state index contributed by atoms with van der Waals surface area (Å²) in [4.78, 5) is 0. The molecule has 1 aromatic heterocycles. The average Bonchev–Trinajstić information content (AvgIpc) is 2.95. The lowest BCUT2D eigenvalue weighted by Gasteiger charge is -2.16. The second-order valence-corrected chi connectivity index (χ2v) is 6.22. The molecule has 0 radical (unpaired) electrons. The molecule has 0 fully saturated rings. The Morgan fingerprint density at radius 2 is 1.90 bits per heavy atom. The number of hydrogen-bond donors (Lipinski definition) is 1. The highest BCUT2D eigenvalue weighted by Gasteiger charge is 2.16. The van der Waals surface area contributed by atoms with E-state index in [-0.39, 0.29) is 12.5 Å². The van der Waals surface area contributed by atoms with E-state index in [2.05, 4.69) is 57.9 Å². The van der Waals surface area contributed by atoms with Crippen LogP contribution in [0.25, 0.3) is 0 Å². The van der Waals surface area contributed by atoms with Crippen LogP contribution in [0.4, 0.5) is 0 Å². The SMILES string of the molecule is CCC(CC)n1ccc(CC(CO)c2ccccc2Br)n1. The van der Waals surface area contributed by atoms with Gasteiger partial charge in [-0.15, -0.1) is 0 Å². The van der Waals surface area contributed by atoms with E-state index in [1.165, 1.54) is 0 Å². The Morgan fingerprint density at radius 1 is 1.19 bits per heavy atom. The molecule has 21 heavy (non-hydrogen) atoms. The normalized spacial score (nSPS) is 12.8. The third-order valence-corrected chi connectivity index (χ3v) is 4.72. The quantitative estimate of drug-likeness (QED) is 0.807. The van der Waals surface area contributed by atoms with Gasteiger partial charge in [-0.3, -0.25) is 4.68 Å². The number of aromatic nitrogens is 2. The van der Waals surface area contributed by atoms with Crippen LogP contribution in [0.3, 0.4) is 0 Å². The van der Waals surface area contributed by atoms with Gasteiger partial charge in [-0.05, 0) is 30.5 Å². The van der Waals surface area contributed by atoms with Gasteiger partial charge in [-0.1, -0.05) is 48.0 Å². The Morgan fingerprint density at radius 3 is 2.52 bits per heavy atom. The number of rotatable bonds is 7. The topological polar surface area (TPSA) is 38.0 Å². The minimum absolute atomic E-state index is 0.0747. The highest BCUT2D eigenvalue weighted by atomic mass is 79.9. The molecule has 0 spiro atoms. The number of benzene rings is 1. The molecule has 0 amide bonds. The second kappa shape index (κ2) is 7.76. The van der Waals surface area contributed by atoms with Crippen molar-refractivity contribution in [2.24, 2.45) is 0 Å². The van der Waals surface area contributed by atoms with Crippen LogP contribution < -0.4 is 0 Å². The molecule has 0 aliphatic rings. The van der Waals surface area contributed by atoms with Crippen LogP contribution >= 0.6 is 15.9 Å². The van der Waals surface area contributed by atoms with Crippen molar-refractivity contribution in [2.75, 3.05) is 6.61 Å². The third kappa shape index (κ3) is 3.95. The van der Waals surface area contributed by atoms with E-state index in [4.69, 9.17) is 0 Å². The zero-order valence-corrected chi connectivity index (χ0v) is 14.3. The molecular weight excluding hydrogens is 328 g/mol. The molecule has 114 valence electrons. The maximum Gasteiger partial charge on any atom is 0.0631 e. The molecule has 0 bridgehead atoms. The lowest BCUT2D eigenvalue weighted by Crippen LogP contribution is -2.11. The van der Waals surface area contributed by atoms with Gasteiger partial charge in [0, 0.05) is 23.0 Å². The maximum atomic E-state index is 9.72. The molecule has 1 heterocycles. The van der Waals surface area contributed by atoms with Crippen molar-refractivity contribution < 1.29 is 5.11 Å². The number of halogens is 1. The Kier molecular flexibility index (Phi) is 6.00. The van der Waals surface area contributed by atoms with Gasteiger partial charge < -0.3 is 5.11 Å². The van der Waals surface area contributed by atoms with E-state index in [9.17, 15) is 5.11 Å². The van der Waals surface area contributed by atoms with Crippen molar-refractivity contribution in [2.45, 2.75) is 45.1 Å². The number of aliphatic hydroxyl groups excluding tert-OH is 1. The van der Waals surface area contributed by atoms with E-state index < -0.39 is 0 Å². The standard InChI is InChI=1S/C17H23BrN2O/c1-3-15(4-2)20-10-9-14(19-20)11-13(12-21)16-7-5-6-8-17(16)18/h5-10,13,15,21H,3-4,11-12H2,1-2H3. The fraction of sp³-hybridized carbons (Fsp3) is 0.471. The molecule has 2 rings (SSSR count). The van der Waals surface area contributed by atoms with E-state index in [1.54, 1.807) is 0 Å². The molecule has 0 saturated carbocycles. The van der Waals surface area contributed by atoms with E-state index in [1.807, 2.05) is 18.2 Å². The molecule has 0 saturated heterocycles. The van der Waals surface area contributed by atoms with E-state index in [0.29, 0.717) is 6.04 Å². The number of hydrogen-bond acceptors (Lipinski definition) is 2. The summed E-state index contributed by atoms with van der Waals surface area (Å²) in [5.74, 6) is 0.0747. The first-order valence-corrected chi connectivity index (χ1v) is 8.38. The summed E-state index contributed by atoms with van der Waals surface area (Å²) in [5.41, 5.74) is 2.17. The van der Waals surface area contributed by atoms with Gasteiger partial charge >= 0.3 is 0 Å². The van der Waals surface area contributed by atoms with Crippen molar-refractivity contribution in [3.05, 3.63) is 52.3 Å². The van der Waals surface area contributed by atoms with Gasteiger partial charge in [0.2, 0.25) is 0 Å². The smallest absolute Gasteiger partial charge is 0.0631 e. The molecule has 2 aromatic rings. The second-order valence-electron chi connectivity index (χ2n) is 5.36. The summed E-state index contributed by atoms with van der Waals surface area (Å²) in [5, 5.41) is 14.4. The number of nitrogens with zero attached hydrogens (tertiary/aromatic N) is 2. The van der Waals surface area contributed by atoms with Crippen molar-refractivity contribution in [1.82, 2.24) is 9.78 Å². The molecule has 0 aliphatic heterocycles. The van der Waals surface area contributed by atoms with Crippen molar-refractivity contribution in [1.29, 1.82) is 0 Å². The fourth-order valence-electron chi connectivity index (χ4n) is 2.68. The molecule has 3 nitrogen and oxygen atoms in total. The van der Waals surface area contributed by atoms with Crippen LogP contribution in [-0.2, 0) is 6.42 Å². The molecule has 1 atom stereocenters. The third-order valence-electron chi connectivity index (χ3n) is 4.00. The van der Waals surface area contributed by atoms with Crippen LogP contribution in [0, 0.1) is 0 Å². The fourth-order valence-corrected chi connectivity index (χ4v) is 3.29. The van der Waals surface area contributed by atoms with Crippen molar-refractivity contribution in [3.8, 4) is 0 Å². The first kappa shape index (κ1) is 16.2. The Balaban J connectivity index is 2.14. The largest absolute Gasteiger partial charge is 0.396 e. The molecule has 1 aromatic carbocycles. The molecule has 0 aliphatic carbocycles. The summed E-state index contributed by atoms with van der Waals surface area (Å²) in [6.07, 6.45) is 4.99. The van der Waals surface area contributed by atoms with Gasteiger partial charge in [-0.2, -0.15) is 5.10 Å². The predicted molar refractivity (Wildman–Crippen MR) is 89.5 cm³/mol. The Labute approximate surface area is 135 Å². The first-order valence-electron chi connectivity index (χ1n) is 7.58. The summed E-state index contributed by atoms with van der Waals surface area (Å²) in [6, 6.07) is 10.6. The van der Waals surface area contributed by atoms with Gasteiger partial charge in [-0.25, -0.2) is 0 Å². The predicted octanol–water partition coefficient (Wildman–Crippen LogP) is 4.33. The minimum Gasteiger partial charge on any atom is -0.396 e. The summed E-state index contributed by atoms with van der Waals surface area (Å²) < 4.78 is 3.10. The van der Waals surface area contributed by atoms with Crippen LogP contribution in [0.15, 0.2) is 41.0 Å². The van der Waals surface area contributed by atoms with Crippen LogP contribution in [0.2, 0.25) is 0 Å². The van der Waals surface area contributed by atoms with Crippen LogP contribution in [0.1, 0.15) is 49.9 Å². The van der Waals surface area contributed by atoms with Gasteiger partial charge in [0.1, 0.15) is 0 Å². The zero-order valence-electron chi connectivity index (χ0n) is 12.7. The summed E-state index contributed by atoms with van der Waals surface area (Å²) >= 11 is 3.57. The highest BCUT2D eigenvalue weighted by Crippen LogP contribution is 2.27. The lowest BCUT2D eigenvalue weighted by molar-refractivity contribution is 0.263.